The molecule has 3 rings (SSSR count). The van der Waals surface area contributed by atoms with Crippen LogP contribution in [0.4, 0.5) is 0 Å². The normalized spacial score (nSPS) is 21.7. The fraction of sp³-hybridized carbons (Fsp3) is 0.571. The number of nitrogens with one attached hydrogen (secondary N) is 1. The topological polar surface area (TPSA) is 21.3 Å². The summed E-state index contributed by atoms with van der Waals surface area (Å²) in [7, 11) is 0. The number of hydrogen-bond donors (Lipinski definition) is 1. The van der Waals surface area contributed by atoms with E-state index in [1.54, 1.807) is 0 Å². The van der Waals surface area contributed by atoms with E-state index in [0.29, 0.717) is 12.0 Å². The van der Waals surface area contributed by atoms with Gasteiger partial charge in [-0.05, 0) is 36.9 Å². The van der Waals surface area contributed by atoms with Gasteiger partial charge in [-0.3, -0.25) is 0 Å². The van der Waals surface area contributed by atoms with E-state index in [0.717, 1.165) is 19.8 Å². The average molecular weight is 281 g/mol. The van der Waals surface area contributed by atoms with Crippen molar-refractivity contribution in [2.75, 3.05) is 19.8 Å². The molecule has 0 spiro atoms. The fourth-order valence-corrected chi connectivity index (χ4v) is 4.84. The summed E-state index contributed by atoms with van der Waals surface area (Å²) in [5.74, 6) is 0.643. The first-order valence-corrected chi connectivity index (χ1v) is 8.36. The van der Waals surface area contributed by atoms with E-state index >= 15 is 0 Å². The van der Waals surface area contributed by atoms with Crippen molar-refractivity contribution in [3.8, 4) is 0 Å². The second kappa shape index (κ2) is 5.70. The number of thiophene rings is 2. The molecule has 1 aliphatic heterocycles. The summed E-state index contributed by atoms with van der Waals surface area (Å²) in [5.41, 5.74) is 0. The number of hydrogen-bond acceptors (Lipinski definition) is 4. The van der Waals surface area contributed by atoms with Gasteiger partial charge in [-0.2, -0.15) is 0 Å². The molecule has 2 unspecified atom stereocenters. The van der Waals surface area contributed by atoms with Crippen molar-refractivity contribution in [3.05, 3.63) is 22.4 Å². The summed E-state index contributed by atoms with van der Waals surface area (Å²) >= 11 is 3.79. The fourth-order valence-electron chi connectivity index (χ4n) is 2.55. The zero-order valence-corrected chi connectivity index (χ0v) is 12.3. The molecule has 18 heavy (non-hydrogen) atoms. The van der Waals surface area contributed by atoms with E-state index in [9.17, 15) is 0 Å². The van der Waals surface area contributed by atoms with Gasteiger partial charge in [-0.15, -0.1) is 22.7 Å². The van der Waals surface area contributed by atoms with Crippen molar-refractivity contribution in [1.29, 1.82) is 0 Å². The van der Waals surface area contributed by atoms with Crippen molar-refractivity contribution in [3.63, 3.8) is 0 Å². The molecule has 2 nitrogen and oxygen atoms in total. The summed E-state index contributed by atoms with van der Waals surface area (Å²) in [6.07, 6.45) is 2.37. The van der Waals surface area contributed by atoms with Crippen LogP contribution < -0.4 is 5.32 Å². The summed E-state index contributed by atoms with van der Waals surface area (Å²) in [6, 6.07) is 5.09. The predicted molar refractivity (Wildman–Crippen MR) is 79.7 cm³/mol. The Balaban J connectivity index is 1.84. The van der Waals surface area contributed by atoms with Crippen LogP contribution in [0, 0.1) is 5.92 Å². The Morgan fingerprint density at radius 2 is 2.44 bits per heavy atom. The minimum atomic E-state index is 0.483. The lowest BCUT2D eigenvalue weighted by Crippen LogP contribution is -2.28. The molecule has 1 fully saturated rings. The molecule has 0 bridgehead atoms. The van der Waals surface area contributed by atoms with Gasteiger partial charge >= 0.3 is 0 Å². The third kappa shape index (κ3) is 2.48. The summed E-state index contributed by atoms with van der Waals surface area (Å²) in [6.45, 7) is 5.15. The Morgan fingerprint density at radius 1 is 1.50 bits per heavy atom. The molecular weight excluding hydrogens is 262 g/mol. The largest absolute Gasteiger partial charge is 0.381 e. The molecule has 0 amide bonds. The van der Waals surface area contributed by atoms with Crippen LogP contribution in [-0.4, -0.2) is 19.8 Å². The first-order chi connectivity index (χ1) is 8.88. The SMILES string of the molecule is CCCNC(c1cc2sccc2s1)C1CCOC1. The van der Waals surface area contributed by atoms with Gasteiger partial charge in [0, 0.05) is 32.8 Å². The molecule has 2 aromatic heterocycles. The Labute approximate surface area is 116 Å². The predicted octanol–water partition coefficient (Wildman–Crippen LogP) is 4.04. The van der Waals surface area contributed by atoms with Crippen LogP contribution in [0.15, 0.2) is 17.5 Å². The summed E-state index contributed by atoms with van der Waals surface area (Å²) < 4.78 is 8.42. The molecule has 2 atom stereocenters. The molecule has 1 saturated heterocycles. The van der Waals surface area contributed by atoms with Crippen LogP contribution in [0.5, 0.6) is 0 Å². The molecule has 0 radical (unpaired) electrons. The Hall–Kier alpha value is -0.420. The maximum atomic E-state index is 5.56. The molecule has 1 N–H and O–H groups in total. The van der Waals surface area contributed by atoms with E-state index in [1.165, 1.54) is 27.1 Å². The second-order valence-electron chi connectivity index (χ2n) is 4.85. The van der Waals surface area contributed by atoms with Crippen molar-refractivity contribution in [2.24, 2.45) is 5.92 Å². The minimum Gasteiger partial charge on any atom is -0.381 e. The summed E-state index contributed by atoms with van der Waals surface area (Å²) in [5, 5.41) is 5.89. The zero-order chi connectivity index (χ0) is 12.4. The molecule has 0 aromatic carbocycles. The Bertz CT molecular complexity index is 470. The zero-order valence-electron chi connectivity index (χ0n) is 10.6. The monoisotopic (exact) mass is 281 g/mol. The van der Waals surface area contributed by atoms with E-state index in [1.807, 2.05) is 22.7 Å². The first-order valence-electron chi connectivity index (χ1n) is 6.66. The smallest absolute Gasteiger partial charge is 0.0513 e. The van der Waals surface area contributed by atoms with Crippen LogP contribution in [0.3, 0.4) is 0 Å². The van der Waals surface area contributed by atoms with Crippen molar-refractivity contribution >= 4 is 32.1 Å². The second-order valence-corrected chi connectivity index (χ2v) is 6.92. The number of ether oxygens (including phenoxy) is 1. The lowest BCUT2D eigenvalue weighted by atomic mass is 9.97. The molecule has 98 valence electrons. The van der Waals surface area contributed by atoms with E-state index in [2.05, 4.69) is 29.8 Å². The van der Waals surface area contributed by atoms with Crippen LogP contribution in [-0.2, 0) is 4.74 Å². The van der Waals surface area contributed by atoms with E-state index < -0.39 is 0 Å². The number of rotatable bonds is 5. The summed E-state index contributed by atoms with van der Waals surface area (Å²) in [4.78, 5) is 1.49. The highest BCUT2D eigenvalue weighted by Gasteiger charge is 2.27. The molecule has 4 heteroatoms. The third-order valence-electron chi connectivity index (χ3n) is 3.52. The highest BCUT2D eigenvalue weighted by molar-refractivity contribution is 7.26. The van der Waals surface area contributed by atoms with E-state index in [-0.39, 0.29) is 0 Å². The van der Waals surface area contributed by atoms with Gasteiger partial charge in [0.25, 0.3) is 0 Å². The molecule has 3 heterocycles. The average Bonchev–Trinajstić information content (AvgIpc) is 3.05. The standard InChI is InChI=1S/C14H19NOS2/c1-2-5-15-14(10-3-6-16-9-10)13-8-12-11(18-13)4-7-17-12/h4,7-8,10,14-15H,2-3,5-6,9H2,1H3. The highest BCUT2D eigenvalue weighted by Crippen LogP contribution is 2.38. The van der Waals surface area contributed by atoms with Gasteiger partial charge in [0.05, 0.1) is 6.61 Å². The quantitative estimate of drug-likeness (QED) is 0.893. The van der Waals surface area contributed by atoms with Gasteiger partial charge in [-0.1, -0.05) is 6.92 Å². The van der Waals surface area contributed by atoms with Gasteiger partial charge in [0.2, 0.25) is 0 Å². The Kier molecular flexibility index (Phi) is 3.99. The minimum absolute atomic E-state index is 0.483. The molecule has 1 aliphatic rings. The van der Waals surface area contributed by atoms with Crippen LogP contribution in [0.1, 0.15) is 30.7 Å². The first kappa shape index (κ1) is 12.6. The van der Waals surface area contributed by atoms with Crippen molar-refractivity contribution in [2.45, 2.75) is 25.8 Å². The van der Waals surface area contributed by atoms with Gasteiger partial charge in [0.1, 0.15) is 0 Å². The van der Waals surface area contributed by atoms with Crippen LogP contribution >= 0.6 is 22.7 Å². The maximum Gasteiger partial charge on any atom is 0.0513 e. The van der Waals surface area contributed by atoms with Gasteiger partial charge < -0.3 is 10.1 Å². The van der Waals surface area contributed by atoms with Crippen molar-refractivity contribution in [1.82, 2.24) is 5.32 Å². The van der Waals surface area contributed by atoms with Gasteiger partial charge in [-0.25, -0.2) is 0 Å². The third-order valence-corrected chi connectivity index (χ3v) is 5.69. The lowest BCUT2D eigenvalue weighted by Gasteiger charge is -2.22. The van der Waals surface area contributed by atoms with Crippen LogP contribution in [0.25, 0.3) is 9.40 Å². The number of fused-ring (bicyclic) bond motifs is 1. The molecule has 0 saturated carbocycles. The van der Waals surface area contributed by atoms with E-state index in [4.69, 9.17) is 4.74 Å². The lowest BCUT2D eigenvalue weighted by molar-refractivity contribution is 0.177. The van der Waals surface area contributed by atoms with Gasteiger partial charge in [0.15, 0.2) is 0 Å². The highest BCUT2D eigenvalue weighted by atomic mass is 32.1. The van der Waals surface area contributed by atoms with Crippen LogP contribution in [0.2, 0.25) is 0 Å². The molecular formula is C14H19NOS2. The molecule has 0 aliphatic carbocycles. The molecule has 2 aromatic rings. The maximum absolute atomic E-state index is 5.56. The Morgan fingerprint density at radius 3 is 3.17 bits per heavy atom. The van der Waals surface area contributed by atoms with Crippen molar-refractivity contribution < 1.29 is 4.74 Å².